The van der Waals surface area contributed by atoms with Crippen LogP contribution in [0.2, 0.25) is 0 Å². The van der Waals surface area contributed by atoms with E-state index in [0.29, 0.717) is 36.7 Å². The standard InChI is InChI=1S/C20H18F3NO5S/c1-30(27,28)24-9-3-5-13-10-14(7-8-17(13)24)18(25)12-29-19(26)15-4-2-6-16(11-15)20(21,22)23/h2,4,6-8,10-11H,3,5,9,12H2,1H3. The Hall–Kier alpha value is -2.88. The zero-order chi connectivity index (χ0) is 22.1. The number of carbonyl (C=O) groups excluding carboxylic acids is 2. The van der Waals surface area contributed by atoms with Gasteiger partial charge in [0.15, 0.2) is 12.4 Å². The highest BCUT2D eigenvalue weighted by atomic mass is 32.2. The highest BCUT2D eigenvalue weighted by molar-refractivity contribution is 7.92. The fourth-order valence-electron chi connectivity index (χ4n) is 3.20. The van der Waals surface area contributed by atoms with Gasteiger partial charge in [-0.25, -0.2) is 13.2 Å². The van der Waals surface area contributed by atoms with Crippen LogP contribution in [0.3, 0.4) is 0 Å². The van der Waals surface area contributed by atoms with E-state index in [-0.39, 0.29) is 11.1 Å². The van der Waals surface area contributed by atoms with E-state index in [1.54, 1.807) is 6.07 Å². The number of benzene rings is 2. The molecule has 0 spiro atoms. The summed E-state index contributed by atoms with van der Waals surface area (Å²) in [5.41, 5.74) is 0.101. The first-order chi connectivity index (χ1) is 14.0. The van der Waals surface area contributed by atoms with Crippen molar-refractivity contribution in [2.24, 2.45) is 0 Å². The predicted molar refractivity (Wildman–Crippen MR) is 103 cm³/mol. The smallest absolute Gasteiger partial charge is 0.416 e. The molecule has 0 saturated heterocycles. The number of aryl methyl sites for hydroxylation is 1. The largest absolute Gasteiger partial charge is 0.454 e. The van der Waals surface area contributed by atoms with Gasteiger partial charge in [-0.2, -0.15) is 13.2 Å². The lowest BCUT2D eigenvalue weighted by molar-refractivity contribution is -0.137. The second kappa shape index (κ2) is 8.10. The number of anilines is 1. The van der Waals surface area contributed by atoms with Crippen molar-refractivity contribution in [3.63, 3.8) is 0 Å². The summed E-state index contributed by atoms with van der Waals surface area (Å²) in [6.07, 6.45) is -2.31. The number of halogens is 3. The maximum atomic E-state index is 12.8. The Kier molecular flexibility index (Phi) is 5.89. The first-order valence-corrected chi connectivity index (χ1v) is 10.8. The van der Waals surface area contributed by atoms with Crippen molar-refractivity contribution < 1.29 is 35.9 Å². The number of esters is 1. The average Bonchev–Trinajstić information content (AvgIpc) is 2.69. The van der Waals surface area contributed by atoms with Gasteiger partial charge < -0.3 is 4.74 Å². The minimum Gasteiger partial charge on any atom is -0.454 e. The lowest BCUT2D eigenvalue weighted by Gasteiger charge is -2.29. The van der Waals surface area contributed by atoms with E-state index in [0.717, 1.165) is 18.4 Å². The van der Waals surface area contributed by atoms with Crippen LogP contribution in [0.5, 0.6) is 0 Å². The third-order valence-corrected chi connectivity index (χ3v) is 5.82. The van der Waals surface area contributed by atoms with Crippen molar-refractivity contribution in [1.82, 2.24) is 0 Å². The van der Waals surface area contributed by atoms with Gasteiger partial charge in [0, 0.05) is 12.1 Å². The number of carbonyl (C=O) groups is 2. The molecular weight excluding hydrogens is 423 g/mol. The quantitative estimate of drug-likeness (QED) is 0.525. The van der Waals surface area contributed by atoms with Crippen molar-refractivity contribution >= 4 is 27.5 Å². The van der Waals surface area contributed by atoms with Crippen LogP contribution in [0, 0.1) is 0 Å². The van der Waals surface area contributed by atoms with Crippen LogP contribution in [-0.2, 0) is 27.4 Å². The van der Waals surface area contributed by atoms with Crippen LogP contribution in [0.1, 0.15) is 38.3 Å². The summed E-state index contributed by atoms with van der Waals surface area (Å²) >= 11 is 0. The van der Waals surface area contributed by atoms with Gasteiger partial charge in [0.05, 0.1) is 23.1 Å². The monoisotopic (exact) mass is 441 g/mol. The van der Waals surface area contributed by atoms with Crippen molar-refractivity contribution in [2.75, 3.05) is 23.7 Å². The Balaban J connectivity index is 1.71. The molecule has 160 valence electrons. The Morgan fingerprint density at radius 1 is 1.10 bits per heavy atom. The Morgan fingerprint density at radius 3 is 2.50 bits per heavy atom. The maximum absolute atomic E-state index is 12.8. The van der Waals surface area contributed by atoms with E-state index in [2.05, 4.69) is 0 Å². The molecule has 0 saturated carbocycles. The lowest BCUT2D eigenvalue weighted by atomic mass is 9.99. The summed E-state index contributed by atoms with van der Waals surface area (Å²) in [5.74, 6) is -1.59. The van der Waals surface area contributed by atoms with Gasteiger partial charge in [-0.05, 0) is 54.8 Å². The molecule has 3 rings (SSSR count). The molecule has 1 aliphatic rings. The summed E-state index contributed by atoms with van der Waals surface area (Å²) < 4.78 is 68.2. The second-order valence-corrected chi connectivity index (χ2v) is 8.77. The highest BCUT2D eigenvalue weighted by Crippen LogP contribution is 2.31. The third kappa shape index (κ3) is 4.81. The van der Waals surface area contributed by atoms with Crippen molar-refractivity contribution in [3.05, 3.63) is 64.7 Å². The first-order valence-electron chi connectivity index (χ1n) is 8.95. The van der Waals surface area contributed by atoms with Crippen LogP contribution < -0.4 is 4.31 Å². The summed E-state index contributed by atoms with van der Waals surface area (Å²) in [5, 5.41) is 0. The normalized spacial score (nSPS) is 14.2. The molecule has 10 heteroatoms. The topological polar surface area (TPSA) is 80.8 Å². The Bertz CT molecular complexity index is 1100. The van der Waals surface area contributed by atoms with E-state index >= 15 is 0 Å². The molecule has 1 aliphatic heterocycles. The van der Waals surface area contributed by atoms with E-state index < -0.39 is 40.1 Å². The van der Waals surface area contributed by atoms with E-state index in [9.17, 15) is 31.2 Å². The molecule has 0 aliphatic carbocycles. The van der Waals surface area contributed by atoms with Gasteiger partial charge in [0.2, 0.25) is 10.0 Å². The fourth-order valence-corrected chi connectivity index (χ4v) is 4.20. The lowest BCUT2D eigenvalue weighted by Crippen LogP contribution is -2.34. The summed E-state index contributed by atoms with van der Waals surface area (Å²) in [6.45, 7) is -0.294. The van der Waals surface area contributed by atoms with Crippen LogP contribution in [0.15, 0.2) is 42.5 Å². The number of sulfonamides is 1. The molecular formula is C20H18F3NO5S. The van der Waals surface area contributed by atoms with E-state index in [4.69, 9.17) is 4.74 Å². The number of rotatable bonds is 5. The van der Waals surface area contributed by atoms with Crippen LogP contribution in [-0.4, -0.2) is 39.6 Å². The molecule has 1 heterocycles. The molecule has 0 unspecified atom stereocenters. The number of hydrogen-bond acceptors (Lipinski definition) is 5. The average molecular weight is 441 g/mol. The van der Waals surface area contributed by atoms with Crippen LogP contribution >= 0.6 is 0 Å². The first kappa shape index (κ1) is 21.8. The van der Waals surface area contributed by atoms with Gasteiger partial charge in [-0.3, -0.25) is 9.10 Å². The molecule has 0 radical (unpaired) electrons. The molecule has 30 heavy (non-hydrogen) atoms. The number of alkyl halides is 3. The predicted octanol–water partition coefficient (Wildman–Crippen LogP) is 3.46. The van der Waals surface area contributed by atoms with Crippen molar-refractivity contribution in [1.29, 1.82) is 0 Å². The number of ether oxygens (including phenoxy) is 1. The molecule has 6 nitrogen and oxygen atoms in total. The molecule has 0 N–H and O–H groups in total. The number of fused-ring (bicyclic) bond motifs is 1. The van der Waals surface area contributed by atoms with Crippen molar-refractivity contribution in [2.45, 2.75) is 19.0 Å². The number of ketones is 1. The third-order valence-electron chi connectivity index (χ3n) is 4.64. The van der Waals surface area contributed by atoms with E-state index in [1.807, 2.05) is 0 Å². The van der Waals surface area contributed by atoms with Crippen molar-refractivity contribution in [3.8, 4) is 0 Å². The minimum absolute atomic E-state index is 0.223. The van der Waals surface area contributed by atoms with Crippen LogP contribution in [0.4, 0.5) is 18.9 Å². The SMILES string of the molecule is CS(=O)(=O)N1CCCc2cc(C(=O)COC(=O)c3cccc(C(F)(F)F)c3)ccc21. The zero-order valence-electron chi connectivity index (χ0n) is 15.9. The summed E-state index contributed by atoms with van der Waals surface area (Å²) in [4.78, 5) is 24.4. The van der Waals surface area contributed by atoms with Gasteiger partial charge in [0.25, 0.3) is 0 Å². The molecule has 0 aromatic heterocycles. The fraction of sp³-hybridized carbons (Fsp3) is 0.300. The molecule has 0 amide bonds. The Morgan fingerprint density at radius 2 is 1.83 bits per heavy atom. The second-order valence-electron chi connectivity index (χ2n) is 6.86. The zero-order valence-corrected chi connectivity index (χ0v) is 16.7. The number of Topliss-reactive ketones (excluding diaryl/α,β-unsaturated/α-hetero) is 1. The summed E-state index contributed by atoms with van der Waals surface area (Å²) in [7, 11) is -3.44. The Labute approximate surface area is 171 Å². The number of hydrogen-bond donors (Lipinski definition) is 0. The minimum atomic E-state index is -4.60. The molecule has 0 bridgehead atoms. The van der Waals surface area contributed by atoms with Gasteiger partial charge in [0.1, 0.15) is 0 Å². The molecule has 2 aromatic rings. The highest BCUT2D eigenvalue weighted by Gasteiger charge is 2.31. The number of nitrogens with zero attached hydrogens (tertiary/aromatic N) is 1. The molecule has 0 atom stereocenters. The van der Waals surface area contributed by atoms with Gasteiger partial charge in [-0.15, -0.1) is 0 Å². The molecule has 2 aromatic carbocycles. The van der Waals surface area contributed by atoms with Gasteiger partial charge >= 0.3 is 12.1 Å². The van der Waals surface area contributed by atoms with E-state index in [1.165, 1.54) is 22.5 Å². The van der Waals surface area contributed by atoms with Gasteiger partial charge in [-0.1, -0.05) is 6.07 Å². The maximum Gasteiger partial charge on any atom is 0.416 e. The molecule has 0 fully saturated rings. The van der Waals surface area contributed by atoms with Crippen LogP contribution in [0.25, 0.3) is 0 Å². The summed E-state index contributed by atoms with van der Waals surface area (Å²) in [6, 6.07) is 8.24.